The standard InChI is InChI=1S/C40H72NO7P/c1-6-8-10-12-14-16-18-20-22-24-26-28-30-32-35-45-37-39(38-47-49(43,44)46-36-34-41(3,4)5)48-40(42)33-31-29-27-25-23-21-19-17-15-13-11-9-7-2/h8,10-11,13-14,16-17,19-20,22,39H,6-7,9,12,15,18,21,23-38H2,1-5H3/b10-8-,13-11-,16-14-,19-17-,22-20-. The van der Waals surface area contributed by atoms with Gasteiger partial charge in [-0.25, -0.2) is 0 Å². The minimum atomic E-state index is -4.53. The molecule has 2 atom stereocenters. The van der Waals surface area contributed by atoms with Crippen LogP contribution in [-0.2, 0) is 27.9 Å². The number of quaternary nitrogens is 1. The molecule has 9 heteroatoms. The molecule has 0 aliphatic heterocycles. The molecule has 0 aromatic heterocycles. The maximum atomic E-state index is 12.6. The number of unbranched alkanes of at least 4 members (excludes halogenated alkanes) is 10. The topological polar surface area (TPSA) is 94.1 Å². The summed E-state index contributed by atoms with van der Waals surface area (Å²) in [6, 6.07) is 0. The number of phosphoric acid groups is 1. The predicted octanol–water partition coefficient (Wildman–Crippen LogP) is 9.97. The average molecular weight is 710 g/mol. The van der Waals surface area contributed by atoms with Gasteiger partial charge in [0, 0.05) is 13.0 Å². The normalized spacial score (nSPS) is 14.7. The number of ether oxygens (including phenoxy) is 2. The molecule has 0 spiro atoms. The molecule has 0 aliphatic carbocycles. The Morgan fingerprint density at radius 3 is 1.78 bits per heavy atom. The summed E-state index contributed by atoms with van der Waals surface area (Å²) in [5.74, 6) is -0.361. The summed E-state index contributed by atoms with van der Waals surface area (Å²) in [5.41, 5.74) is 0. The molecule has 49 heavy (non-hydrogen) atoms. The Kier molecular flexibility index (Phi) is 32.1. The first-order chi connectivity index (χ1) is 23.6. The lowest BCUT2D eigenvalue weighted by atomic mass is 10.1. The number of carbonyl (C=O) groups excluding carboxylic acids is 1. The molecule has 0 radical (unpaired) electrons. The van der Waals surface area contributed by atoms with Crippen LogP contribution in [0.15, 0.2) is 60.8 Å². The molecule has 0 rings (SSSR count). The fourth-order valence-corrected chi connectivity index (χ4v) is 5.32. The van der Waals surface area contributed by atoms with E-state index in [4.69, 9.17) is 18.5 Å². The highest BCUT2D eigenvalue weighted by molar-refractivity contribution is 7.45. The first-order valence-corrected chi connectivity index (χ1v) is 20.5. The third-order valence-corrected chi connectivity index (χ3v) is 8.50. The quantitative estimate of drug-likeness (QED) is 0.0216. The molecule has 0 amide bonds. The third-order valence-electron chi connectivity index (χ3n) is 7.53. The zero-order valence-corrected chi connectivity index (χ0v) is 32.8. The van der Waals surface area contributed by atoms with E-state index in [1.165, 1.54) is 6.42 Å². The highest BCUT2D eigenvalue weighted by atomic mass is 31.2. The van der Waals surface area contributed by atoms with E-state index in [0.717, 1.165) is 103 Å². The van der Waals surface area contributed by atoms with E-state index in [1.54, 1.807) is 0 Å². The zero-order valence-electron chi connectivity index (χ0n) is 31.9. The van der Waals surface area contributed by atoms with Crippen molar-refractivity contribution in [1.29, 1.82) is 0 Å². The van der Waals surface area contributed by atoms with Crippen molar-refractivity contribution in [3.05, 3.63) is 60.8 Å². The van der Waals surface area contributed by atoms with Crippen molar-refractivity contribution in [3.63, 3.8) is 0 Å². The lowest BCUT2D eigenvalue weighted by molar-refractivity contribution is -0.870. The van der Waals surface area contributed by atoms with Gasteiger partial charge in [-0.15, -0.1) is 0 Å². The van der Waals surface area contributed by atoms with Crippen LogP contribution in [0.5, 0.6) is 0 Å². The Morgan fingerprint density at radius 1 is 0.653 bits per heavy atom. The number of rotatable bonds is 34. The summed E-state index contributed by atoms with van der Waals surface area (Å²) in [7, 11) is 1.32. The van der Waals surface area contributed by atoms with Crippen LogP contribution in [0.3, 0.4) is 0 Å². The predicted molar refractivity (Wildman–Crippen MR) is 203 cm³/mol. The van der Waals surface area contributed by atoms with Gasteiger partial charge in [0.05, 0.1) is 34.4 Å². The largest absolute Gasteiger partial charge is 0.756 e. The minimum Gasteiger partial charge on any atom is -0.756 e. The van der Waals surface area contributed by atoms with E-state index in [9.17, 15) is 14.3 Å². The fourth-order valence-electron chi connectivity index (χ4n) is 4.60. The zero-order chi connectivity index (χ0) is 36.3. The molecule has 2 unspecified atom stereocenters. The Morgan fingerprint density at radius 2 is 1.18 bits per heavy atom. The smallest absolute Gasteiger partial charge is 0.306 e. The second kappa shape index (κ2) is 33.3. The summed E-state index contributed by atoms with van der Waals surface area (Å²) in [6.07, 6.45) is 39.4. The number of nitrogens with zero attached hydrogens (tertiary/aromatic N) is 1. The van der Waals surface area contributed by atoms with Crippen LogP contribution in [0.25, 0.3) is 0 Å². The van der Waals surface area contributed by atoms with Crippen molar-refractivity contribution in [2.45, 2.75) is 136 Å². The maximum absolute atomic E-state index is 12.6. The first-order valence-electron chi connectivity index (χ1n) is 19.0. The summed E-state index contributed by atoms with van der Waals surface area (Å²) in [6.45, 7) is 5.13. The van der Waals surface area contributed by atoms with Crippen molar-refractivity contribution < 1.29 is 37.3 Å². The average Bonchev–Trinajstić information content (AvgIpc) is 3.04. The molecule has 0 N–H and O–H groups in total. The number of hydrogen-bond donors (Lipinski definition) is 0. The van der Waals surface area contributed by atoms with E-state index in [2.05, 4.69) is 74.6 Å². The number of allylic oxidation sites excluding steroid dienone is 10. The second-order valence-electron chi connectivity index (χ2n) is 13.5. The highest BCUT2D eigenvalue weighted by Gasteiger charge is 2.20. The van der Waals surface area contributed by atoms with E-state index < -0.39 is 13.9 Å². The van der Waals surface area contributed by atoms with Crippen molar-refractivity contribution in [2.75, 3.05) is 54.1 Å². The molecule has 0 fully saturated rings. The lowest BCUT2D eigenvalue weighted by Crippen LogP contribution is -2.37. The van der Waals surface area contributed by atoms with Crippen LogP contribution in [0, 0.1) is 0 Å². The van der Waals surface area contributed by atoms with Gasteiger partial charge >= 0.3 is 5.97 Å². The Balaban J connectivity index is 4.39. The monoisotopic (exact) mass is 710 g/mol. The van der Waals surface area contributed by atoms with Gasteiger partial charge in [0.1, 0.15) is 19.3 Å². The van der Waals surface area contributed by atoms with Gasteiger partial charge in [-0.3, -0.25) is 9.36 Å². The summed E-state index contributed by atoms with van der Waals surface area (Å²) in [5, 5.41) is 0. The van der Waals surface area contributed by atoms with Gasteiger partial charge in [-0.1, -0.05) is 113 Å². The number of hydrogen-bond acceptors (Lipinski definition) is 7. The van der Waals surface area contributed by atoms with E-state index in [1.807, 2.05) is 21.1 Å². The molecule has 8 nitrogen and oxygen atoms in total. The van der Waals surface area contributed by atoms with Gasteiger partial charge in [-0.2, -0.15) is 0 Å². The van der Waals surface area contributed by atoms with Crippen LogP contribution in [0.2, 0.25) is 0 Å². The highest BCUT2D eigenvalue weighted by Crippen LogP contribution is 2.38. The van der Waals surface area contributed by atoms with Crippen LogP contribution in [0.4, 0.5) is 0 Å². The van der Waals surface area contributed by atoms with Gasteiger partial charge < -0.3 is 27.9 Å². The van der Waals surface area contributed by atoms with E-state index in [-0.39, 0.29) is 32.2 Å². The Bertz CT molecular complexity index is 968. The van der Waals surface area contributed by atoms with Crippen molar-refractivity contribution >= 4 is 13.8 Å². The number of esters is 1. The minimum absolute atomic E-state index is 0.0156. The Hall–Kier alpha value is -1.80. The SMILES string of the molecule is CC/C=C\C/C=C\C/C=C\CCCCCCOCC(COP(=O)([O-])OCC[N+](C)(C)C)OC(=O)CCCCCCC/C=C\C/C=C\CCC. The molecular formula is C40H72NO7P. The molecule has 284 valence electrons. The van der Waals surface area contributed by atoms with Crippen molar-refractivity contribution in [3.8, 4) is 0 Å². The molecule has 0 bridgehead atoms. The van der Waals surface area contributed by atoms with Crippen molar-refractivity contribution in [1.82, 2.24) is 0 Å². The number of likely N-dealkylation sites (N-methyl/N-ethyl adjacent to an activating group) is 1. The summed E-state index contributed by atoms with van der Waals surface area (Å²) >= 11 is 0. The molecule has 0 saturated heterocycles. The van der Waals surface area contributed by atoms with Gasteiger partial charge in [-0.05, 0) is 70.6 Å². The van der Waals surface area contributed by atoms with Gasteiger partial charge in [0.25, 0.3) is 7.82 Å². The van der Waals surface area contributed by atoms with E-state index >= 15 is 0 Å². The Labute approximate surface area is 300 Å². The fraction of sp³-hybridized carbons (Fsp3) is 0.725. The van der Waals surface area contributed by atoms with Crippen LogP contribution in [0.1, 0.15) is 129 Å². The second-order valence-corrected chi connectivity index (χ2v) is 15.0. The van der Waals surface area contributed by atoms with Crippen molar-refractivity contribution in [2.24, 2.45) is 0 Å². The molecule has 0 heterocycles. The first kappa shape index (κ1) is 47.2. The molecule has 0 aromatic rings. The van der Waals surface area contributed by atoms with E-state index in [0.29, 0.717) is 17.6 Å². The maximum Gasteiger partial charge on any atom is 0.306 e. The number of phosphoric ester groups is 1. The molecular weight excluding hydrogens is 637 g/mol. The third kappa shape index (κ3) is 37.3. The molecule has 0 saturated carbocycles. The lowest BCUT2D eigenvalue weighted by Gasteiger charge is -2.28. The molecule has 0 aliphatic rings. The van der Waals surface area contributed by atoms with Gasteiger partial charge in [0.2, 0.25) is 0 Å². The van der Waals surface area contributed by atoms with Crippen LogP contribution >= 0.6 is 7.82 Å². The van der Waals surface area contributed by atoms with Crippen LogP contribution < -0.4 is 4.89 Å². The summed E-state index contributed by atoms with van der Waals surface area (Å²) in [4.78, 5) is 24.9. The van der Waals surface area contributed by atoms with Gasteiger partial charge in [0.15, 0.2) is 0 Å². The molecule has 0 aromatic carbocycles. The summed E-state index contributed by atoms with van der Waals surface area (Å²) < 4.78 is 34.4. The number of carbonyl (C=O) groups is 1. The van der Waals surface area contributed by atoms with Crippen LogP contribution in [-0.4, -0.2) is 70.7 Å².